The van der Waals surface area contributed by atoms with E-state index in [-0.39, 0.29) is 34.5 Å². The van der Waals surface area contributed by atoms with Gasteiger partial charge in [-0.15, -0.1) is 0 Å². The lowest BCUT2D eigenvalue weighted by Gasteiger charge is -2.30. The number of thioether (sulfide) groups is 1. The Hall–Kier alpha value is -1.14. The van der Waals surface area contributed by atoms with Crippen LogP contribution in [0.5, 0.6) is 0 Å². The molecule has 23 heavy (non-hydrogen) atoms. The van der Waals surface area contributed by atoms with E-state index in [1.54, 1.807) is 11.8 Å². The van der Waals surface area contributed by atoms with Gasteiger partial charge in [-0.3, -0.25) is 14.4 Å². The molecular weight excluding hydrogens is 338 g/mol. The lowest BCUT2D eigenvalue weighted by molar-refractivity contribution is -0.141. The number of hydrogen-bond acceptors (Lipinski definition) is 6. The summed E-state index contributed by atoms with van der Waals surface area (Å²) in [4.78, 5) is 41.9. The first kappa shape index (κ1) is 18.2. The highest BCUT2D eigenvalue weighted by atomic mass is 35.5. The highest BCUT2D eigenvalue weighted by Gasteiger charge is 2.54. The number of Topliss-reactive ketones (excluding diaryl/α,β-unsaturated/α-hetero) is 3. The van der Waals surface area contributed by atoms with E-state index < -0.39 is 11.7 Å². The van der Waals surface area contributed by atoms with Gasteiger partial charge < -0.3 is 4.84 Å². The fourth-order valence-corrected chi connectivity index (χ4v) is 4.09. The molecule has 0 bridgehead atoms. The summed E-state index contributed by atoms with van der Waals surface area (Å²) in [6.45, 7) is 1.57. The van der Waals surface area contributed by atoms with Crippen LogP contribution in [0.1, 0.15) is 32.6 Å². The molecule has 0 radical (unpaired) electrons. The summed E-state index contributed by atoms with van der Waals surface area (Å²) < 4.78 is 0.0689. The number of hydrogen-bond donors (Lipinski definition) is 0. The van der Waals surface area contributed by atoms with Crippen LogP contribution in [-0.4, -0.2) is 40.7 Å². The third-order valence-corrected chi connectivity index (χ3v) is 6.25. The van der Waals surface area contributed by atoms with Crippen LogP contribution in [0, 0.1) is 11.8 Å². The van der Waals surface area contributed by atoms with E-state index in [1.807, 2.05) is 6.26 Å². The van der Waals surface area contributed by atoms with Crippen molar-refractivity contribution in [1.29, 1.82) is 0 Å². The second-order valence-corrected chi connectivity index (χ2v) is 7.41. The molecule has 0 aromatic rings. The van der Waals surface area contributed by atoms with Gasteiger partial charge >= 0.3 is 0 Å². The molecule has 2 aliphatic carbocycles. The summed E-state index contributed by atoms with van der Waals surface area (Å²) in [5.74, 6) is -2.27. The van der Waals surface area contributed by atoms with Crippen LogP contribution in [0.4, 0.5) is 0 Å². The van der Waals surface area contributed by atoms with Crippen molar-refractivity contribution < 1.29 is 19.2 Å². The molecule has 2 rings (SSSR count). The van der Waals surface area contributed by atoms with E-state index >= 15 is 0 Å². The molecule has 0 aromatic heterocycles. The minimum atomic E-state index is -1.21. The van der Waals surface area contributed by atoms with E-state index in [0.717, 1.165) is 12.8 Å². The smallest absolute Gasteiger partial charge is 0.198 e. The van der Waals surface area contributed by atoms with Gasteiger partial charge in [0.05, 0.1) is 0 Å². The van der Waals surface area contributed by atoms with E-state index in [2.05, 4.69) is 5.16 Å². The van der Waals surface area contributed by atoms with Crippen molar-refractivity contribution in [3.63, 3.8) is 0 Å². The summed E-state index contributed by atoms with van der Waals surface area (Å²) >= 11 is 7.07. The average Bonchev–Trinajstić information content (AvgIpc) is 3.31. The number of ketones is 3. The third kappa shape index (κ3) is 4.04. The Morgan fingerprint density at radius 1 is 1.39 bits per heavy atom. The van der Waals surface area contributed by atoms with Crippen LogP contribution < -0.4 is 0 Å². The Morgan fingerprint density at radius 3 is 2.48 bits per heavy atom. The van der Waals surface area contributed by atoms with Crippen LogP contribution in [0.25, 0.3) is 0 Å². The maximum Gasteiger partial charge on any atom is 0.198 e. The molecule has 0 aliphatic heterocycles. The quantitative estimate of drug-likeness (QED) is 0.303. The molecule has 7 heteroatoms. The molecule has 0 heterocycles. The average molecular weight is 358 g/mol. The van der Waals surface area contributed by atoms with Gasteiger partial charge in [0.25, 0.3) is 0 Å². The van der Waals surface area contributed by atoms with Crippen molar-refractivity contribution in [2.24, 2.45) is 17.0 Å². The molecule has 0 spiro atoms. The molecule has 126 valence electrons. The normalized spacial score (nSPS) is 27.3. The summed E-state index contributed by atoms with van der Waals surface area (Å²) in [6, 6.07) is 0. The van der Waals surface area contributed by atoms with Gasteiger partial charge in [0.15, 0.2) is 17.3 Å². The number of carbonyl (C=O) groups excluding carboxylic acids is 3. The topological polar surface area (TPSA) is 72.8 Å². The molecule has 0 atom stereocenters. The number of rotatable bonds is 7. The van der Waals surface area contributed by atoms with E-state index in [0.29, 0.717) is 12.8 Å². The lowest BCUT2D eigenvalue weighted by atomic mass is 9.75. The first-order valence-electron chi connectivity index (χ1n) is 7.51. The standard InChI is InChI=1S/C16H20ClNO4S/c1-10(18-22-7-3-6-17)15(21)14-12(19)8-11(9-13(14)20)16(23-2)4-5-16/h3,6,11,14H,4-5,7-9H2,1-2H3/b6-3+,18-10+. The summed E-state index contributed by atoms with van der Waals surface area (Å²) in [5, 5.41) is 3.65. The van der Waals surface area contributed by atoms with Gasteiger partial charge in [-0.2, -0.15) is 11.8 Å². The van der Waals surface area contributed by atoms with Crippen molar-refractivity contribution in [3.8, 4) is 0 Å². The molecular formula is C16H20ClNO4S. The minimum absolute atomic E-state index is 0.0316. The molecule has 2 saturated carbocycles. The van der Waals surface area contributed by atoms with Crippen molar-refractivity contribution in [2.75, 3.05) is 12.9 Å². The third-order valence-electron chi connectivity index (χ3n) is 4.51. The molecule has 5 nitrogen and oxygen atoms in total. The van der Waals surface area contributed by atoms with Gasteiger partial charge in [0.1, 0.15) is 18.2 Å². The zero-order valence-electron chi connectivity index (χ0n) is 13.2. The summed E-state index contributed by atoms with van der Waals surface area (Å²) in [5.41, 5.74) is 1.31. The molecule has 0 unspecified atom stereocenters. The maximum absolute atomic E-state index is 12.4. The SMILES string of the molecule is CSC1(C2CC(=O)C(C(=O)/C(C)=N/OC/C=C/Cl)C(=O)C2)CC1. The van der Waals surface area contributed by atoms with Gasteiger partial charge in [-0.25, -0.2) is 0 Å². The summed E-state index contributed by atoms with van der Waals surface area (Å²) in [7, 11) is 0. The van der Waals surface area contributed by atoms with Gasteiger partial charge in [-0.05, 0) is 38.0 Å². The Kier molecular flexibility index (Phi) is 6.03. The second kappa shape index (κ2) is 7.62. The van der Waals surface area contributed by atoms with Crippen LogP contribution >= 0.6 is 23.4 Å². The number of halogens is 1. The Labute approximate surface area is 144 Å². The number of oxime groups is 1. The first-order valence-corrected chi connectivity index (χ1v) is 9.18. The lowest BCUT2D eigenvalue weighted by Crippen LogP contribution is -2.43. The highest BCUT2D eigenvalue weighted by Crippen LogP contribution is 2.56. The van der Waals surface area contributed by atoms with E-state index in [9.17, 15) is 14.4 Å². The fraction of sp³-hybridized carbons (Fsp3) is 0.625. The molecule has 0 aromatic carbocycles. The number of nitrogens with zero attached hydrogens (tertiary/aromatic N) is 1. The molecule has 0 amide bonds. The predicted molar refractivity (Wildman–Crippen MR) is 90.8 cm³/mol. The highest BCUT2D eigenvalue weighted by molar-refractivity contribution is 8.00. The van der Waals surface area contributed by atoms with Gasteiger partial charge in [0, 0.05) is 23.1 Å². The van der Waals surface area contributed by atoms with Gasteiger partial charge in [0.2, 0.25) is 0 Å². The largest absolute Gasteiger partial charge is 0.391 e. The van der Waals surface area contributed by atoms with E-state index in [4.69, 9.17) is 16.4 Å². The van der Waals surface area contributed by atoms with Crippen LogP contribution in [0.3, 0.4) is 0 Å². The van der Waals surface area contributed by atoms with Crippen LogP contribution in [-0.2, 0) is 19.2 Å². The predicted octanol–water partition coefficient (Wildman–Crippen LogP) is 2.76. The Bertz CT molecular complexity index is 550. The summed E-state index contributed by atoms with van der Waals surface area (Å²) in [6.07, 6.45) is 6.21. The minimum Gasteiger partial charge on any atom is -0.391 e. The van der Waals surface area contributed by atoms with Crippen LogP contribution in [0.2, 0.25) is 0 Å². The van der Waals surface area contributed by atoms with E-state index in [1.165, 1.54) is 18.5 Å². The van der Waals surface area contributed by atoms with Crippen LogP contribution in [0.15, 0.2) is 16.8 Å². The monoisotopic (exact) mass is 357 g/mol. The molecule has 0 saturated heterocycles. The number of carbonyl (C=O) groups is 3. The van der Waals surface area contributed by atoms with Crippen molar-refractivity contribution in [2.45, 2.75) is 37.4 Å². The van der Waals surface area contributed by atoms with Crippen molar-refractivity contribution in [1.82, 2.24) is 0 Å². The Morgan fingerprint density at radius 2 is 2.00 bits per heavy atom. The first-order chi connectivity index (χ1) is 10.9. The molecule has 0 N–H and O–H groups in total. The fourth-order valence-electron chi connectivity index (χ4n) is 3.01. The van der Waals surface area contributed by atoms with Crippen molar-refractivity contribution >= 4 is 46.4 Å². The second-order valence-electron chi connectivity index (χ2n) is 5.94. The van der Waals surface area contributed by atoms with Crippen molar-refractivity contribution in [3.05, 3.63) is 11.6 Å². The zero-order chi connectivity index (χ0) is 17.0. The molecule has 2 fully saturated rings. The Balaban J connectivity index is 2.01. The van der Waals surface area contributed by atoms with Gasteiger partial charge in [-0.1, -0.05) is 16.8 Å². The molecule has 2 aliphatic rings. The zero-order valence-corrected chi connectivity index (χ0v) is 14.8. The maximum atomic E-state index is 12.4.